The number of alkyl halides is 1. The van der Waals surface area contributed by atoms with E-state index in [1.165, 1.54) is 6.07 Å². The minimum Gasteiger partial charge on any atom is -0.367 e. The molecule has 1 fully saturated rings. The number of rotatable bonds is 3. The van der Waals surface area contributed by atoms with Crippen molar-refractivity contribution in [2.45, 2.75) is 23.8 Å². The molecule has 0 aromatic carbocycles. The van der Waals surface area contributed by atoms with E-state index >= 15 is 0 Å². The molecule has 3 rings (SSSR count). The molecular weight excluding hydrogens is 337 g/mol. The molecule has 114 valence electrons. The lowest BCUT2D eigenvalue weighted by Crippen LogP contribution is -2.33. The highest BCUT2D eigenvalue weighted by atomic mass is 79.9. The Kier molecular flexibility index (Phi) is 4.54. The van der Waals surface area contributed by atoms with E-state index in [1.54, 1.807) is 12.3 Å². The molecule has 1 aromatic heterocycles. The molecule has 4 atom stereocenters. The van der Waals surface area contributed by atoms with E-state index in [2.05, 4.69) is 26.0 Å². The summed E-state index contributed by atoms with van der Waals surface area (Å²) in [6.45, 7) is 1.51. The first kappa shape index (κ1) is 14.9. The van der Waals surface area contributed by atoms with Gasteiger partial charge in [-0.25, -0.2) is 4.39 Å². The van der Waals surface area contributed by atoms with E-state index < -0.39 is 0 Å². The molecule has 2 aliphatic heterocycles. The van der Waals surface area contributed by atoms with Crippen LogP contribution in [0, 0.1) is 17.7 Å². The highest BCUT2D eigenvalue weighted by Crippen LogP contribution is 2.41. The van der Waals surface area contributed by atoms with Gasteiger partial charge >= 0.3 is 0 Å². The van der Waals surface area contributed by atoms with Crippen LogP contribution in [-0.2, 0) is 4.74 Å². The Morgan fingerprint density at radius 1 is 1.52 bits per heavy atom. The third-order valence-electron chi connectivity index (χ3n) is 4.28. The van der Waals surface area contributed by atoms with E-state index in [0.717, 1.165) is 19.4 Å². The van der Waals surface area contributed by atoms with Crippen molar-refractivity contribution in [3.8, 4) is 0 Å². The summed E-state index contributed by atoms with van der Waals surface area (Å²) in [7, 11) is 1.94. The third kappa shape index (κ3) is 3.26. The Hall–Kier alpha value is -1.01. The standard InChI is InChI=1S/C15H19BrFN3O/c1-20-9-11(8-19-20)14(10-4-6-21-13(16)7-10)15-12(17)3-2-5-18-15/h2-3,5,8,10-11,13-14H,4,6-7,9H2,1H3/t10?,11-,13?,14?/m0/s1. The lowest BCUT2D eigenvalue weighted by molar-refractivity contribution is 0.0352. The predicted molar refractivity (Wildman–Crippen MR) is 82.9 cm³/mol. The second-order valence-corrected chi connectivity index (χ2v) is 6.75. The summed E-state index contributed by atoms with van der Waals surface area (Å²) in [5.74, 6) is 0.365. The van der Waals surface area contributed by atoms with Crippen LogP contribution < -0.4 is 0 Å². The first-order valence-corrected chi connectivity index (χ1v) is 8.18. The van der Waals surface area contributed by atoms with Crippen LogP contribution in [0.3, 0.4) is 0 Å². The van der Waals surface area contributed by atoms with Gasteiger partial charge in [0.1, 0.15) is 10.8 Å². The average Bonchev–Trinajstić information content (AvgIpc) is 2.88. The van der Waals surface area contributed by atoms with Crippen molar-refractivity contribution in [2.75, 3.05) is 20.2 Å². The Bertz CT molecular complexity index is 527. The van der Waals surface area contributed by atoms with Crippen LogP contribution in [0.25, 0.3) is 0 Å². The molecule has 4 nitrogen and oxygen atoms in total. The largest absolute Gasteiger partial charge is 0.367 e. The molecule has 6 heteroatoms. The first-order chi connectivity index (χ1) is 10.1. The highest BCUT2D eigenvalue weighted by molar-refractivity contribution is 9.09. The van der Waals surface area contributed by atoms with Crippen molar-refractivity contribution in [2.24, 2.45) is 16.9 Å². The quantitative estimate of drug-likeness (QED) is 0.782. The number of halogens is 2. The molecule has 0 saturated carbocycles. The fraction of sp³-hybridized carbons (Fsp3) is 0.600. The molecule has 0 N–H and O–H groups in total. The van der Waals surface area contributed by atoms with Gasteiger partial charge in [0.2, 0.25) is 0 Å². The van der Waals surface area contributed by atoms with Gasteiger partial charge in [0, 0.05) is 44.4 Å². The smallest absolute Gasteiger partial charge is 0.145 e. The average molecular weight is 356 g/mol. The molecule has 0 radical (unpaired) electrons. The molecule has 2 aliphatic rings. The number of hydrogen-bond donors (Lipinski definition) is 0. The minimum atomic E-state index is -0.219. The fourth-order valence-electron chi connectivity index (χ4n) is 3.32. The van der Waals surface area contributed by atoms with Crippen LogP contribution in [0.4, 0.5) is 4.39 Å². The minimum absolute atomic E-state index is 0.0431. The predicted octanol–water partition coefficient (Wildman–Crippen LogP) is 3.00. The van der Waals surface area contributed by atoms with E-state index in [-0.39, 0.29) is 22.7 Å². The van der Waals surface area contributed by atoms with Crippen LogP contribution in [0.1, 0.15) is 24.5 Å². The molecule has 0 bridgehead atoms. The van der Waals surface area contributed by atoms with Gasteiger partial charge in [-0.15, -0.1) is 0 Å². The van der Waals surface area contributed by atoms with Crippen molar-refractivity contribution in [3.63, 3.8) is 0 Å². The molecule has 21 heavy (non-hydrogen) atoms. The van der Waals surface area contributed by atoms with E-state index in [0.29, 0.717) is 18.2 Å². The van der Waals surface area contributed by atoms with Gasteiger partial charge in [0.05, 0.1) is 5.69 Å². The zero-order valence-electron chi connectivity index (χ0n) is 12.0. The summed E-state index contributed by atoms with van der Waals surface area (Å²) in [4.78, 5) is 4.34. The van der Waals surface area contributed by atoms with Crippen molar-refractivity contribution in [1.29, 1.82) is 0 Å². The van der Waals surface area contributed by atoms with Gasteiger partial charge in [-0.05, 0) is 30.9 Å². The summed E-state index contributed by atoms with van der Waals surface area (Å²) in [6.07, 6.45) is 5.41. The number of hydrazone groups is 1. The van der Waals surface area contributed by atoms with Crippen LogP contribution in [0.5, 0.6) is 0 Å². The van der Waals surface area contributed by atoms with Crippen LogP contribution in [-0.4, -0.2) is 41.4 Å². The number of aromatic nitrogens is 1. The SMILES string of the molecule is CN1C[C@@H](C(c2ncccc2F)C2CCOC(Br)C2)C=N1. The van der Waals surface area contributed by atoms with Gasteiger partial charge in [-0.1, -0.05) is 15.9 Å². The topological polar surface area (TPSA) is 37.7 Å². The maximum atomic E-state index is 14.3. The number of pyridine rings is 1. The first-order valence-electron chi connectivity index (χ1n) is 7.26. The zero-order valence-corrected chi connectivity index (χ0v) is 13.5. The maximum Gasteiger partial charge on any atom is 0.145 e. The summed E-state index contributed by atoms with van der Waals surface area (Å²) in [5.41, 5.74) is 0.566. The second kappa shape index (κ2) is 6.40. The summed E-state index contributed by atoms with van der Waals surface area (Å²) >= 11 is 3.53. The van der Waals surface area contributed by atoms with Gasteiger partial charge < -0.3 is 4.74 Å². The molecule has 1 aromatic rings. The van der Waals surface area contributed by atoms with E-state index in [9.17, 15) is 4.39 Å². The van der Waals surface area contributed by atoms with E-state index in [4.69, 9.17) is 4.74 Å². The Morgan fingerprint density at radius 2 is 2.38 bits per heavy atom. The number of ether oxygens (including phenoxy) is 1. The van der Waals surface area contributed by atoms with Crippen molar-refractivity contribution < 1.29 is 9.13 Å². The van der Waals surface area contributed by atoms with Gasteiger partial charge in [-0.2, -0.15) is 5.10 Å². The molecular formula is C15H19BrFN3O. The van der Waals surface area contributed by atoms with Crippen molar-refractivity contribution in [1.82, 2.24) is 9.99 Å². The third-order valence-corrected chi connectivity index (χ3v) is 4.92. The molecule has 0 spiro atoms. The summed E-state index contributed by atoms with van der Waals surface area (Å²) < 4.78 is 19.8. The maximum absolute atomic E-state index is 14.3. The molecule has 3 heterocycles. The number of nitrogens with zero attached hydrogens (tertiary/aromatic N) is 3. The van der Waals surface area contributed by atoms with E-state index in [1.807, 2.05) is 18.3 Å². The lowest BCUT2D eigenvalue weighted by atomic mass is 9.76. The van der Waals surface area contributed by atoms with Crippen molar-refractivity contribution in [3.05, 3.63) is 29.8 Å². The molecule has 3 unspecified atom stereocenters. The second-order valence-electron chi connectivity index (χ2n) is 5.73. The lowest BCUT2D eigenvalue weighted by Gasteiger charge is -2.35. The number of hydrogen-bond acceptors (Lipinski definition) is 4. The van der Waals surface area contributed by atoms with Crippen LogP contribution >= 0.6 is 15.9 Å². The van der Waals surface area contributed by atoms with Gasteiger partial charge in [-0.3, -0.25) is 9.99 Å². The molecule has 1 saturated heterocycles. The Morgan fingerprint density at radius 3 is 3.05 bits per heavy atom. The normalized spacial score (nSPS) is 30.6. The highest BCUT2D eigenvalue weighted by Gasteiger charge is 2.37. The zero-order chi connectivity index (χ0) is 14.8. The molecule has 0 amide bonds. The van der Waals surface area contributed by atoms with Crippen LogP contribution in [0.15, 0.2) is 23.4 Å². The Balaban J connectivity index is 1.91. The van der Waals surface area contributed by atoms with Crippen LogP contribution in [0.2, 0.25) is 0 Å². The van der Waals surface area contributed by atoms with Crippen molar-refractivity contribution >= 4 is 22.1 Å². The van der Waals surface area contributed by atoms with Gasteiger partial charge in [0.15, 0.2) is 0 Å². The molecule has 0 aliphatic carbocycles. The fourth-order valence-corrected chi connectivity index (χ4v) is 3.99. The Labute approximate surface area is 132 Å². The summed E-state index contributed by atoms with van der Waals surface area (Å²) in [6, 6.07) is 3.14. The van der Waals surface area contributed by atoms with Gasteiger partial charge in [0.25, 0.3) is 0 Å². The monoisotopic (exact) mass is 355 g/mol. The summed E-state index contributed by atoms with van der Waals surface area (Å²) in [5, 5.41) is 6.27.